The molecule has 3 aromatic rings. The number of amides is 1. The second kappa shape index (κ2) is 8.58. The third-order valence-electron chi connectivity index (χ3n) is 8.35. The monoisotopic (exact) mass is 480 g/mol. The molecule has 3 aliphatic heterocycles. The van der Waals surface area contributed by atoms with Crippen LogP contribution in [0.25, 0.3) is 10.9 Å². The number of piperidine rings is 1. The van der Waals surface area contributed by atoms with Gasteiger partial charge in [0, 0.05) is 67.1 Å². The van der Waals surface area contributed by atoms with Gasteiger partial charge in [0.25, 0.3) is 5.91 Å². The number of hydrogen-bond donors (Lipinski definition) is 1. The van der Waals surface area contributed by atoms with Crippen molar-refractivity contribution >= 4 is 22.5 Å². The summed E-state index contributed by atoms with van der Waals surface area (Å²) in [5.74, 6) is 0.115. The highest BCUT2D eigenvalue weighted by Crippen LogP contribution is 2.41. The first-order valence-corrected chi connectivity index (χ1v) is 12.8. The van der Waals surface area contributed by atoms with E-state index in [-0.39, 0.29) is 17.5 Å². The molecule has 0 saturated carbocycles. The summed E-state index contributed by atoms with van der Waals surface area (Å²) in [7, 11) is 0. The third kappa shape index (κ3) is 3.82. The van der Waals surface area contributed by atoms with Crippen LogP contribution in [0.15, 0.2) is 48.7 Å². The van der Waals surface area contributed by atoms with Crippen LogP contribution in [0, 0.1) is 11.3 Å². The van der Waals surface area contributed by atoms with Crippen molar-refractivity contribution in [3.63, 3.8) is 0 Å². The number of likely N-dealkylation sites (tertiary alicyclic amines) is 1. The Hall–Kier alpha value is -3.47. The van der Waals surface area contributed by atoms with Crippen molar-refractivity contribution in [3.05, 3.63) is 70.9 Å². The van der Waals surface area contributed by atoms with Crippen molar-refractivity contribution in [3.8, 4) is 6.07 Å². The van der Waals surface area contributed by atoms with E-state index in [9.17, 15) is 10.1 Å². The first kappa shape index (κ1) is 23.0. The molecule has 4 heterocycles. The zero-order chi connectivity index (χ0) is 25.0. The standard InChI is InChI=1S/C29H32N6O/c1-19-16-34(25-8-6-21(15-30)27-24(25)4-3-11-32-27)18-26-23-7-5-20(14-22(23)17-35(19)26)28(36)33-12-9-29(2,31)10-13-33/h3-8,11,14,19,26H,9-10,12-13,16-18,31H2,1-2H3/t19-,26-/m1/s1. The van der Waals surface area contributed by atoms with Crippen LogP contribution >= 0.6 is 0 Å². The lowest BCUT2D eigenvalue weighted by Crippen LogP contribution is -2.51. The van der Waals surface area contributed by atoms with E-state index >= 15 is 0 Å². The number of carbonyl (C=O) groups is 1. The maximum atomic E-state index is 13.2. The van der Waals surface area contributed by atoms with Crippen LogP contribution in [0.2, 0.25) is 0 Å². The molecule has 0 bridgehead atoms. The number of pyridine rings is 1. The maximum Gasteiger partial charge on any atom is 0.253 e. The highest BCUT2D eigenvalue weighted by Gasteiger charge is 2.39. The number of nitrogens with two attached hydrogens (primary N) is 1. The summed E-state index contributed by atoms with van der Waals surface area (Å²) in [6, 6.07) is 17.1. The number of carbonyl (C=O) groups excluding carboxylic acids is 1. The Balaban J connectivity index is 1.27. The minimum Gasteiger partial charge on any atom is -0.368 e. The molecule has 7 heteroatoms. The molecule has 2 N–H and O–H groups in total. The van der Waals surface area contributed by atoms with E-state index in [1.165, 1.54) is 11.1 Å². The van der Waals surface area contributed by atoms with Gasteiger partial charge in [-0.15, -0.1) is 0 Å². The number of piperazine rings is 1. The molecule has 1 aromatic heterocycles. The summed E-state index contributed by atoms with van der Waals surface area (Å²) in [5.41, 5.74) is 11.9. The number of anilines is 1. The van der Waals surface area contributed by atoms with Crippen LogP contribution in [0.3, 0.4) is 0 Å². The van der Waals surface area contributed by atoms with Crippen molar-refractivity contribution in [2.24, 2.45) is 5.73 Å². The van der Waals surface area contributed by atoms with E-state index in [1.807, 2.05) is 23.1 Å². The summed E-state index contributed by atoms with van der Waals surface area (Å²) in [6.45, 7) is 8.42. The summed E-state index contributed by atoms with van der Waals surface area (Å²) in [6.07, 6.45) is 3.43. The Morgan fingerprint density at radius 3 is 2.75 bits per heavy atom. The molecule has 1 amide bonds. The Morgan fingerprint density at radius 2 is 1.97 bits per heavy atom. The lowest BCUT2D eigenvalue weighted by Gasteiger charge is -2.43. The largest absolute Gasteiger partial charge is 0.368 e. The fourth-order valence-electron chi connectivity index (χ4n) is 6.18. The molecule has 7 nitrogen and oxygen atoms in total. The van der Waals surface area contributed by atoms with Gasteiger partial charge in [0.05, 0.1) is 17.1 Å². The Morgan fingerprint density at radius 1 is 1.17 bits per heavy atom. The zero-order valence-electron chi connectivity index (χ0n) is 20.9. The molecule has 36 heavy (non-hydrogen) atoms. The third-order valence-corrected chi connectivity index (χ3v) is 8.35. The Bertz CT molecular complexity index is 1380. The van der Waals surface area contributed by atoms with Crippen molar-refractivity contribution in [1.29, 1.82) is 5.26 Å². The number of rotatable bonds is 2. The molecule has 0 spiro atoms. The predicted molar refractivity (Wildman–Crippen MR) is 141 cm³/mol. The maximum absolute atomic E-state index is 13.2. The van der Waals surface area contributed by atoms with Gasteiger partial charge in [-0.2, -0.15) is 5.26 Å². The molecule has 184 valence electrons. The van der Waals surface area contributed by atoms with Gasteiger partial charge >= 0.3 is 0 Å². The summed E-state index contributed by atoms with van der Waals surface area (Å²) < 4.78 is 0. The number of benzene rings is 2. The molecule has 0 aliphatic carbocycles. The molecule has 3 aliphatic rings. The Kier molecular flexibility index (Phi) is 5.47. The van der Waals surface area contributed by atoms with Gasteiger partial charge in [-0.3, -0.25) is 14.7 Å². The predicted octanol–water partition coefficient (Wildman–Crippen LogP) is 3.83. The molecular formula is C29H32N6O. The minimum atomic E-state index is -0.171. The van der Waals surface area contributed by atoms with E-state index in [2.05, 4.69) is 59.0 Å². The molecule has 2 saturated heterocycles. The number of fused-ring (bicyclic) bond motifs is 4. The minimum absolute atomic E-state index is 0.115. The fourth-order valence-corrected chi connectivity index (χ4v) is 6.18. The summed E-state index contributed by atoms with van der Waals surface area (Å²) >= 11 is 0. The van der Waals surface area contributed by atoms with Crippen molar-refractivity contribution in [2.75, 3.05) is 31.1 Å². The van der Waals surface area contributed by atoms with Gasteiger partial charge in [0.1, 0.15) is 6.07 Å². The molecule has 2 aromatic carbocycles. The molecular weight excluding hydrogens is 448 g/mol. The second-order valence-corrected chi connectivity index (χ2v) is 10.9. The van der Waals surface area contributed by atoms with Gasteiger partial charge < -0.3 is 15.5 Å². The summed E-state index contributed by atoms with van der Waals surface area (Å²) in [4.78, 5) is 24.7. The van der Waals surface area contributed by atoms with Crippen LogP contribution in [0.5, 0.6) is 0 Å². The molecule has 0 radical (unpaired) electrons. The van der Waals surface area contributed by atoms with Gasteiger partial charge in [-0.25, -0.2) is 0 Å². The number of aromatic nitrogens is 1. The second-order valence-electron chi connectivity index (χ2n) is 10.9. The van der Waals surface area contributed by atoms with Crippen molar-refractivity contribution in [1.82, 2.24) is 14.8 Å². The van der Waals surface area contributed by atoms with Gasteiger partial charge in [0.2, 0.25) is 0 Å². The SMILES string of the molecule is C[C@@H]1CN(c2ccc(C#N)c3ncccc23)C[C@@H]2c3ccc(C(=O)N4CCC(C)(N)CC4)cc3CN12. The normalized spacial score (nSPS) is 23.3. The van der Waals surface area contributed by atoms with Crippen molar-refractivity contribution in [2.45, 2.75) is 50.9 Å². The number of nitriles is 1. The van der Waals surface area contributed by atoms with E-state index in [1.54, 1.807) is 6.20 Å². The lowest BCUT2D eigenvalue weighted by atomic mass is 9.90. The lowest BCUT2D eigenvalue weighted by molar-refractivity contribution is 0.0681. The van der Waals surface area contributed by atoms with Crippen LogP contribution in [0.4, 0.5) is 5.69 Å². The van der Waals surface area contributed by atoms with Crippen LogP contribution in [-0.2, 0) is 6.54 Å². The highest BCUT2D eigenvalue weighted by molar-refractivity contribution is 5.96. The molecule has 2 fully saturated rings. The highest BCUT2D eigenvalue weighted by atomic mass is 16.2. The number of nitrogens with zero attached hydrogens (tertiary/aromatic N) is 5. The number of hydrogen-bond acceptors (Lipinski definition) is 6. The van der Waals surface area contributed by atoms with E-state index < -0.39 is 0 Å². The first-order chi connectivity index (χ1) is 17.3. The van der Waals surface area contributed by atoms with E-state index in [0.29, 0.717) is 11.6 Å². The Labute approximate surface area is 212 Å². The summed E-state index contributed by atoms with van der Waals surface area (Å²) in [5, 5.41) is 10.6. The van der Waals surface area contributed by atoms with E-state index in [0.717, 1.165) is 67.7 Å². The molecule has 6 rings (SSSR count). The van der Waals surface area contributed by atoms with Gasteiger partial charge in [-0.05, 0) is 74.2 Å². The first-order valence-electron chi connectivity index (χ1n) is 12.8. The molecule has 0 unspecified atom stereocenters. The average Bonchev–Trinajstić information content (AvgIpc) is 3.26. The van der Waals surface area contributed by atoms with Crippen LogP contribution in [-0.4, -0.2) is 58.5 Å². The van der Waals surface area contributed by atoms with Crippen molar-refractivity contribution < 1.29 is 4.79 Å². The van der Waals surface area contributed by atoms with Crippen LogP contribution in [0.1, 0.15) is 59.8 Å². The fraction of sp³-hybridized carbons (Fsp3) is 0.414. The average molecular weight is 481 g/mol. The topological polar surface area (TPSA) is 89.5 Å². The zero-order valence-corrected chi connectivity index (χ0v) is 20.9. The smallest absolute Gasteiger partial charge is 0.253 e. The van der Waals surface area contributed by atoms with Gasteiger partial charge in [-0.1, -0.05) is 6.07 Å². The molecule has 2 atom stereocenters. The van der Waals surface area contributed by atoms with Crippen LogP contribution < -0.4 is 10.6 Å². The quantitative estimate of drug-likeness (QED) is 0.600. The van der Waals surface area contributed by atoms with E-state index in [4.69, 9.17) is 5.73 Å². The van der Waals surface area contributed by atoms with Gasteiger partial charge in [0.15, 0.2) is 0 Å².